The van der Waals surface area contributed by atoms with E-state index in [2.05, 4.69) is 10.3 Å². The second kappa shape index (κ2) is 12.4. The molecule has 3 rings (SSSR count). The molecule has 0 bridgehead atoms. The van der Waals surface area contributed by atoms with Crippen molar-refractivity contribution in [2.75, 3.05) is 18.5 Å². The summed E-state index contributed by atoms with van der Waals surface area (Å²) in [6.07, 6.45) is 8.96. The Balaban J connectivity index is 1.40. The van der Waals surface area contributed by atoms with Crippen molar-refractivity contribution in [1.82, 2.24) is 10.3 Å². The van der Waals surface area contributed by atoms with Crippen LogP contribution >= 0.6 is 19.4 Å². The molecule has 3 N–H and O–H groups in total. The third-order valence-corrected chi connectivity index (χ3v) is 8.30. The minimum atomic E-state index is -3.97. The molecule has 0 saturated heterocycles. The zero-order valence-electron chi connectivity index (χ0n) is 18.8. The molecule has 33 heavy (non-hydrogen) atoms. The van der Waals surface area contributed by atoms with E-state index in [1.165, 1.54) is 17.8 Å². The lowest BCUT2D eigenvalue weighted by molar-refractivity contribution is 0.371. The third kappa shape index (κ3) is 8.15. The van der Waals surface area contributed by atoms with Crippen LogP contribution in [0, 0.1) is 11.6 Å². The van der Waals surface area contributed by atoms with Crippen LogP contribution in [0.5, 0.6) is 0 Å². The molecule has 1 aliphatic carbocycles. The topological polar surface area (TPSA) is 82.5 Å². The minimum absolute atomic E-state index is 0.0528. The van der Waals surface area contributed by atoms with Crippen molar-refractivity contribution in [1.29, 1.82) is 0 Å². The Kier molecular flexibility index (Phi) is 9.89. The average molecular weight is 499 g/mol. The van der Waals surface area contributed by atoms with Gasteiger partial charge in [-0.2, -0.15) is 0 Å². The molecule has 5 nitrogen and oxygen atoms in total. The molecule has 1 saturated carbocycles. The van der Waals surface area contributed by atoms with Gasteiger partial charge in [0.1, 0.15) is 11.6 Å². The molecule has 0 spiro atoms. The highest BCUT2D eigenvalue weighted by atomic mass is 32.2. The van der Waals surface area contributed by atoms with Gasteiger partial charge in [0.05, 0.1) is 16.8 Å². The van der Waals surface area contributed by atoms with E-state index in [4.69, 9.17) is 9.79 Å². The van der Waals surface area contributed by atoms with Gasteiger partial charge in [-0.25, -0.2) is 8.78 Å². The molecule has 0 unspecified atom stereocenters. The van der Waals surface area contributed by atoms with Crippen LogP contribution < -0.4 is 5.32 Å². The second-order valence-electron chi connectivity index (χ2n) is 8.80. The number of nitrogens with one attached hydrogen (secondary N) is 1. The van der Waals surface area contributed by atoms with E-state index < -0.39 is 7.60 Å². The van der Waals surface area contributed by atoms with E-state index in [1.54, 1.807) is 18.3 Å². The van der Waals surface area contributed by atoms with Gasteiger partial charge in [0.15, 0.2) is 0 Å². The van der Waals surface area contributed by atoms with Crippen LogP contribution in [0.25, 0.3) is 0 Å². The Morgan fingerprint density at radius 1 is 1.09 bits per heavy atom. The van der Waals surface area contributed by atoms with Crippen molar-refractivity contribution < 1.29 is 23.1 Å². The van der Waals surface area contributed by atoms with Gasteiger partial charge in [-0.1, -0.05) is 37.5 Å². The number of thioether (sulfide) groups is 1. The van der Waals surface area contributed by atoms with Crippen LogP contribution in [0.2, 0.25) is 0 Å². The Bertz CT molecular complexity index is 951. The number of aromatic nitrogens is 1. The minimum Gasteiger partial charge on any atom is -0.324 e. The van der Waals surface area contributed by atoms with Crippen molar-refractivity contribution in [2.45, 2.75) is 68.2 Å². The van der Waals surface area contributed by atoms with Crippen molar-refractivity contribution >= 4 is 19.4 Å². The van der Waals surface area contributed by atoms with E-state index in [-0.39, 0.29) is 23.2 Å². The molecular formula is C24H33F2N2O3PS. The van der Waals surface area contributed by atoms with E-state index in [1.807, 2.05) is 12.1 Å². The summed E-state index contributed by atoms with van der Waals surface area (Å²) in [5.41, 5.74) is 1.36. The Labute approximate surface area is 199 Å². The molecule has 1 fully saturated rings. The molecule has 0 atom stereocenters. The summed E-state index contributed by atoms with van der Waals surface area (Å²) in [7, 11) is -3.97. The third-order valence-electron chi connectivity index (χ3n) is 6.30. The van der Waals surface area contributed by atoms with Crippen LogP contribution in [0.4, 0.5) is 8.78 Å². The van der Waals surface area contributed by atoms with Crippen molar-refractivity contribution in [3.05, 3.63) is 59.4 Å². The number of hydrogen-bond acceptors (Lipinski definition) is 4. The predicted molar refractivity (Wildman–Crippen MR) is 129 cm³/mol. The highest BCUT2D eigenvalue weighted by molar-refractivity contribution is 7.99. The lowest BCUT2D eigenvalue weighted by atomic mass is 9.75. The van der Waals surface area contributed by atoms with E-state index in [9.17, 15) is 13.3 Å². The average Bonchev–Trinajstić information content (AvgIpc) is 3.24. The number of halogens is 2. The summed E-state index contributed by atoms with van der Waals surface area (Å²) in [6.45, 7) is 0.778. The smallest absolute Gasteiger partial charge is 0.324 e. The number of pyridine rings is 1. The largest absolute Gasteiger partial charge is 0.325 e. The fourth-order valence-corrected chi connectivity index (χ4v) is 6.09. The molecule has 182 valence electrons. The zero-order chi connectivity index (χ0) is 23.7. The maximum atomic E-state index is 14.4. The Morgan fingerprint density at radius 2 is 1.85 bits per heavy atom. The van der Waals surface area contributed by atoms with Crippen molar-refractivity contribution in [3.8, 4) is 0 Å². The molecule has 2 aromatic rings. The van der Waals surface area contributed by atoms with Gasteiger partial charge < -0.3 is 15.1 Å². The first-order chi connectivity index (χ1) is 15.8. The van der Waals surface area contributed by atoms with Gasteiger partial charge in [0.25, 0.3) is 0 Å². The van der Waals surface area contributed by atoms with Gasteiger partial charge >= 0.3 is 7.60 Å². The van der Waals surface area contributed by atoms with Gasteiger partial charge in [-0.05, 0) is 67.5 Å². The first-order valence-corrected chi connectivity index (χ1v) is 14.3. The molecule has 1 aliphatic rings. The monoisotopic (exact) mass is 498 g/mol. The molecule has 1 aromatic carbocycles. The molecular weight excluding hydrogens is 465 g/mol. The number of rotatable bonds is 13. The highest BCUT2D eigenvalue weighted by Crippen LogP contribution is 2.45. The van der Waals surface area contributed by atoms with Crippen LogP contribution in [0.15, 0.2) is 41.4 Å². The first kappa shape index (κ1) is 26.3. The normalized spacial score (nSPS) is 15.8. The molecule has 9 heteroatoms. The summed E-state index contributed by atoms with van der Waals surface area (Å²) < 4.78 is 39.7. The SMILES string of the molecule is O=P(O)(O)CCCNCc1cc(F)c(SCCCCC2(c3ccccc3F)CCCC2)cn1. The van der Waals surface area contributed by atoms with E-state index >= 15 is 0 Å². The highest BCUT2D eigenvalue weighted by Gasteiger charge is 2.36. The van der Waals surface area contributed by atoms with Gasteiger partial charge in [-0.15, -0.1) is 11.8 Å². The van der Waals surface area contributed by atoms with Gasteiger partial charge in [0.2, 0.25) is 0 Å². The quantitative estimate of drug-likeness (QED) is 0.184. The second-order valence-corrected chi connectivity index (χ2v) is 11.7. The van der Waals surface area contributed by atoms with Crippen molar-refractivity contribution in [2.24, 2.45) is 0 Å². The summed E-state index contributed by atoms with van der Waals surface area (Å²) in [4.78, 5) is 22.5. The lowest BCUT2D eigenvalue weighted by Gasteiger charge is -2.30. The van der Waals surface area contributed by atoms with Crippen LogP contribution in [0.3, 0.4) is 0 Å². The number of hydrogen-bond donors (Lipinski definition) is 3. The standard InChI is InChI=1S/C24H33F2N2O3PS/c25-21-9-2-1-8-20(21)24(10-3-4-11-24)12-5-6-15-33-23-18-28-19(16-22(23)26)17-27-13-7-14-32(29,30)31/h1-2,8-9,16,18,27H,3-7,10-15,17H2,(H2,29,30,31). The summed E-state index contributed by atoms with van der Waals surface area (Å²) in [6, 6.07) is 8.57. The molecule has 1 heterocycles. The molecule has 0 radical (unpaired) electrons. The van der Waals surface area contributed by atoms with E-state index in [0.29, 0.717) is 30.1 Å². The molecule has 0 aliphatic heterocycles. The predicted octanol–water partition coefficient (Wildman–Crippen LogP) is 5.79. The fourth-order valence-electron chi connectivity index (χ4n) is 4.63. The Morgan fingerprint density at radius 3 is 2.55 bits per heavy atom. The summed E-state index contributed by atoms with van der Waals surface area (Å²) in [5, 5.41) is 3.02. The fraction of sp³-hybridized carbons (Fsp3) is 0.542. The van der Waals surface area contributed by atoms with Gasteiger partial charge in [0, 0.05) is 12.7 Å². The first-order valence-electron chi connectivity index (χ1n) is 11.6. The maximum Gasteiger partial charge on any atom is 0.325 e. The number of unbranched alkanes of at least 4 members (excludes halogenated alkanes) is 1. The van der Waals surface area contributed by atoms with Crippen LogP contribution in [-0.2, 0) is 16.5 Å². The number of benzene rings is 1. The van der Waals surface area contributed by atoms with Crippen molar-refractivity contribution in [3.63, 3.8) is 0 Å². The van der Waals surface area contributed by atoms with Gasteiger partial charge in [-0.3, -0.25) is 9.55 Å². The van der Waals surface area contributed by atoms with Crippen LogP contribution in [-0.4, -0.2) is 33.2 Å². The molecule has 0 amide bonds. The Hall–Kier alpha value is -1.31. The number of nitrogens with zero attached hydrogens (tertiary/aromatic N) is 1. The van der Waals surface area contributed by atoms with E-state index in [0.717, 1.165) is 56.3 Å². The zero-order valence-corrected chi connectivity index (χ0v) is 20.5. The molecule has 1 aromatic heterocycles. The maximum absolute atomic E-state index is 14.4. The summed E-state index contributed by atoms with van der Waals surface area (Å²) >= 11 is 1.45. The lowest BCUT2D eigenvalue weighted by Crippen LogP contribution is -2.23. The van der Waals surface area contributed by atoms with Crippen LogP contribution in [0.1, 0.15) is 62.6 Å². The summed E-state index contributed by atoms with van der Waals surface area (Å²) in [5.74, 6) is 0.380.